The molecule has 7 heteroatoms. The van der Waals surface area contributed by atoms with Crippen LogP contribution in [-0.2, 0) is 18.3 Å². The molecule has 3 aromatic rings. The summed E-state index contributed by atoms with van der Waals surface area (Å²) in [5, 5.41) is 5.46. The first kappa shape index (κ1) is 15.5. The maximum atomic E-state index is 5.84. The molecule has 0 aliphatic carbocycles. The van der Waals surface area contributed by atoms with Crippen molar-refractivity contribution in [3.05, 3.63) is 35.8 Å². The van der Waals surface area contributed by atoms with E-state index in [1.54, 1.807) is 11.3 Å². The minimum Gasteiger partial charge on any atom is -0.376 e. The Morgan fingerprint density at radius 1 is 1.42 bits per heavy atom. The van der Waals surface area contributed by atoms with Gasteiger partial charge >= 0.3 is 0 Å². The summed E-state index contributed by atoms with van der Waals surface area (Å²) in [4.78, 5) is 11.6. The molecule has 0 N–H and O–H groups in total. The Labute approximate surface area is 145 Å². The lowest BCUT2D eigenvalue weighted by Gasteiger charge is -2.24. The smallest absolute Gasteiger partial charge is 0.188 e. The number of anilines is 1. The van der Waals surface area contributed by atoms with Crippen LogP contribution in [0.15, 0.2) is 24.4 Å². The lowest BCUT2D eigenvalue weighted by Crippen LogP contribution is -2.32. The van der Waals surface area contributed by atoms with Crippen molar-refractivity contribution in [2.45, 2.75) is 32.4 Å². The largest absolute Gasteiger partial charge is 0.376 e. The Hall–Kier alpha value is -1.99. The van der Waals surface area contributed by atoms with E-state index in [0.717, 1.165) is 59.4 Å². The van der Waals surface area contributed by atoms with Gasteiger partial charge in [-0.1, -0.05) is 17.4 Å². The van der Waals surface area contributed by atoms with Gasteiger partial charge in [-0.25, -0.2) is 9.67 Å². The van der Waals surface area contributed by atoms with Crippen LogP contribution in [0.4, 0.5) is 5.13 Å². The van der Waals surface area contributed by atoms with Crippen LogP contribution in [0, 0.1) is 6.92 Å². The average Bonchev–Trinajstić information content (AvgIpc) is 3.28. The summed E-state index contributed by atoms with van der Waals surface area (Å²) in [5.41, 5.74) is 3.03. The molecule has 1 fully saturated rings. The number of thiazole rings is 1. The summed E-state index contributed by atoms with van der Waals surface area (Å²) in [6.07, 6.45) is 4.38. The molecule has 0 aromatic carbocycles. The van der Waals surface area contributed by atoms with E-state index in [1.807, 2.05) is 37.0 Å². The van der Waals surface area contributed by atoms with Gasteiger partial charge in [0.25, 0.3) is 0 Å². The molecule has 4 heterocycles. The third-order valence-corrected chi connectivity index (χ3v) is 5.54. The molecule has 24 heavy (non-hydrogen) atoms. The highest BCUT2D eigenvalue weighted by Gasteiger charge is 2.23. The van der Waals surface area contributed by atoms with Crippen LogP contribution < -0.4 is 4.90 Å². The fraction of sp³-hybridized carbons (Fsp3) is 0.471. The Morgan fingerprint density at radius 3 is 3.04 bits per heavy atom. The number of hydrogen-bond donors (Lipinski definition) is 0. The van der Waals surface area contributed by atoms with Gasteiger partial charge in [-0.05, 0) is 31.9 Å². The van der Waals surface area contributed by atoms with Gasteiger partial charge in [0.2, 0.25) is 0 Å². The van der Waals surface area contributed by atoms with Gasteiger partial charge < -0.3 is 9.64 Å². The molecule has 4 rings (SSSR count). The topological polar surface area (TPSA) is 56.1 Å². The predicted octanol–water partition coefficient (Wildman–Crippen LogP) is 2.92. The Kier molecular flexibility index (Phi) is 4.20. The van der Waals surface area contributed by atoms with Gasteiger partial charge in [0.05, 0.1) is 28.7 Å². The molecule has 0 radical (unpaired) electrons. The van der Waals surface area contributed by atoms with Crippen LogP contribution in [-0.4, -0.2) is 39.0 Å². The highest BCUT2D eigenvalue weighted by atomic mass is 32.1. The van der Waals surface area contributed by atoms with Crippen LogP contribution in [0.5, 0.6) is 0 Å². The number of hydrogen-bond acceptors (Lipinski definition) is 6. The van der Waals surface area contributed by atoms with E-state index in [2.05, 4.69) is 21.0 Å². The zero-order valence-corrected chi connectivity index (χ0v) is 14.8. The third kappa shape index (κ3) is 3.01. The van der Waals surface area contributed by atoms with Gasteiger partial charge in [-0.2, -0.15) is 5.10 Å². The standard InChI is InChI=1S/C17H21N5OS/c1-12-15-16(21(2)20-12)19-17(24-15)22(11-14-7-5-9-23-14)10-13-6-3-4-8-18-13/h3-4,6,8,14H,5,7,9-11H2,1-2H3/t14-/m0/s1. The van der Waals surface area contributed by atoms with Crippen LogP contribution in [0.2, 0.25) is 0 Å². The van der Waals surface area contributed by atoms with Gasteiger partial charge in [0.1, 0.15) is 0 Å². The summed E-state index contributed by atoms with van der Waals surface area (Å²) in [6.45, 7) is 4.49. The lowest BCUT2D eigenvalue weighted by molar-refractivity contribution is 0.115. The molecule has 1 aliphatic heterocycles. The molecule has 1 saturated heterocycles. The van der Waals surface area contributed by atoms with Crippen molar-refractivity contribution in [1.29, 1.82) is 0 Å². The van der Waals surface area contributed by atoms with Crippen molar-refractivity contribution >= 4 is 26.8 Å². The monoisotopic (exact) mass is 343 g/mol. The van der Waals surface area contributed by atoms with E-state index >= 15 is 0 Å². The summed E-state index contributed by atoms with van der Waals surface area (Å²) in [7, 11) is 1.95. The summed E-state index contributed by atoms with van der Waals surface area (Å²) < 4.78 is 8.86. The molecular formula is C17H21N5OS. The second kappa shape index (κ2) is 6.49. The molecule has 1 atom stereocenters. The summed E-state index contributed by atoms with van der Waals surface area (Å²) in [6, 6.07) is 6.03. The average molecular weight is 343 g/mol. The minimum absolute atomic E-state index is 0.278. The Balaban J connectivity index is 1.65. The summed E-state index contributed by atoms with van der Waals surface area (Å²) >= 11 is 1.70. The van der Waals surface area contributed by atoms with Gasteiger partial charge in [-0.3, -0.25) is 4.98 Å². The van der Waals surface area contributed by atoms with Crippen molar-refractivity contribution < 1.29 is 4.74 Å². The van der Waals surface area contributed by atoms with Gasteiger partial charge in [0.15, 0.2) is 10.8 Å². The van der Waals surface area contributed by atoms with Crippen molar-refractivity contribution in [1.82, 2.24) is 19.7 Å². The van der Waals surface area contributed by atoms with Crippen LogP contribution in [0.3, 0.4) is 0 Å². The normalized spacial score (nSPS) is 17.7. The molecule has 0 unspecified atom stereocenters. The van der Waals surface area contributed by atoms with Crippen molar-refractivity contribution in [3.8, 4) is 0 Å². The first-order valence-electron chi connectivity index (χ1n) is 8.27. The van der Waals surface area contributed by atoms with E-state index in [9.17, 15) is 0 Å². The van der Waals surface area contributed by atoms with E-state index in [0.29, 0.717) is 0 Å². The highest BCUT2D eigenvalue weighted by Crippen LogP contribution is 2.32. The first-order chi connectivity index (χ1) is 11.7. The second-order valence-corrected chi connectivity index (χ2v) is 7.17. The van der Waals surface area contributed by atoms with E-state index in [-0.39, 0.29) is 6.10 Å². The molecule has 1 aliphatic rings. The first-order valence-corrected chi connectivity index (χ1v) is 9.09. The number of aromatic nitrogens is 4. The van der Waals surface area contributed by atoms with E-state index < -0.39 is 0 Å². The number of pyridine rings is 1. The molecule has 6 nitrogen and oxygen atoms in total. The number of nitrogens with zero attached hydrogens (tertiary/aromatic N) is 5. The molecule has 126 valence electrons. The summed E-state index contributed by atoms with van der Waals surface area (Å²) in [5.74, 6) is 0. The van der Waals surface area contributed by atoms with Crippen molar-refractivity contribution in [2.75, 3.05) is 18.1 Å². The van der Waals surface area contributed by atoms with Crippen LogP contribution in [0.1, 0.15) is 24.2 Å². The van der Waals surface area contributed by atoms with Crippen molar-refractivity contribution in [2.24, 2.45) is 7.05 Å². The van der Waals surface area contributed by atoms with Crippen molar-refractivity contribution in [3.63, 3.8) is 0 Å². The number of fused-ring (bicyclic) bond motifs is 1. The second-order valence-electron chi connectivity index (χ2n) is 6.19. The van der Waals surface area contributed by atoms with Gasteiger partial charge in [0, 0.05) is 26.4 Å². The highest BCUT2D eigenvalue weighted by molar-refractivity contribution is 7.22. The Morgan fingerprint density at radius 2 is 2.33 bits per heavy atom. The Bertz CT molecular complexity index is 788. The molecule has 3 aromatic heterocycles. The molecule has 0 bridgehead atoms. The number of aryl methyl sites for hydroxylation is 2. The molecular weight excluding hydrogens is 322 g/mol. The number of ether oxygens (including phenoxy) is 1. The predicted molar refractivity (Wildman–Crippen MR) is 95.4 cm³/mol. The third-order valence-electron chi connectivity index (χ3n) is 4.33. The van der Waals surface area contributed by atoms with Crippen LogP contribution in [0.25, 0.3) is 10.3 Å². The quantitative estimate of drug-likeness (QED) is 0.713. The fourth-order valence-corrected chi connectivity index (χ4v) is 4.18. The molecule has 0 spiro atoms. The molecule has 0 saturated carbocycles. The minimum atomic E-state index is 0.278. The van der Waals surface area contributed by atoms with E-state index in [1.165, 1.54) is 0 Å². The lowest BCUT2D eigenvalue weighted by atomic mass is 10.2. The zero-order valence-electron chi connectivity index (χ0n) is 14.0. The van der Waals surface area contributed by atoms with E-state index in [4.69, 9.17) is 9.72 Å². The maximum absolute atomic E-state index is 5.84. The SMILES string of the molecule is Cc1nn(C)c2nc(N(Cc3ccccn3)C[C@@H]3CCCO3)sc12. The number of rotatable bonds is 5. The van der Waals surface area contributed by atoms with Crippen LogP contribution >= 0.6 is 11.3 Å². The van der Waals surface area contributed by atoms with Gasteiger partial charge in [-0.15, -0.1) is 0 Å². The molecule has 0 amide bonds. The zero-order chi connectivity index (χ0) is 16.5. The fourth-order valence-electron chi connectivity index (χ4n) is 3.14. The maximum Gasteiger partial charge on any atom is 0.188 e.